The lowest BCUT2D eigenvalue weighted by atomic mass is 10.0. The topological polar surface area (TPSA) is 101 Å². The van der Waals surface area contributed by atoms with E-state index in [4.69, 9.17) is 10.8 Å². The van der Waals surface area contributed by atoms with Gasteiger partial charge in [0.05, 0.1) is 5.25 Å². The molecule has 1 saturated heterocycles. The van der Waals surface area contributed by atoms with Gasteiger partial charge in [-0.3, -0.25) is 4.79 Å². The molecule has 6 nitrogen and oxygen atoms in total. The summed E-state index contributed by atoms with van der Waals surface area (Å²) in [5.41, 5.74) is 4.30. The summed E-state index contributed by atoms with van der Waals surface area (Å²) >= 11 is 0. The van der Waals surface area contributed by atoms with Crippen LogP contribution in [0.3, 0.4) is 0 Å². The minimum absolute atomic E-state index is 0.0961. The molecule has 0 aromatic carbocycles. The summed E-state index contributed by atoms with van der Waals surface area (Å²) in [5, 5.41) is 8.67. The second-order valence-electron chi connectivity index (χ2n) is 5.35. The lowest BCUT2D eigenvalue weighted by Gasteiger charge is -2.27. The zero-order chi connectivity index (χ0) is 13.4. The van der Waals surface area contributed by atoms with Crippen LogP contribution in [0.2, 0.25) is 0 Å². The van der Waals surface area contributed by atoms with Crippen LogP contribution in [0.4, 0.5) is 0 Å². The van der Waals surface area contributed by atoms with Gasteiger partial charge in [-0.05, 0) is 19.3 Å². The minimum atomic E-state index is -3.38. The van der Waals surface area contributed by atoms with E-state index in [0.29, 0.717) is 12.8 Å². The van der Waals surface area contributed by atoms with Crippen molar-refractivity contribution in [2.24, 2.45) is 5.73 Å². The minimum Gasteiger partial charge on any atom is -0.480 e. The fourth-order valence-electron chi connectivity index (χ4n) is 2.76. The third-order valence-corrected chi connectivity index (χ3v) is 6.37. The van der Waals surface area contributed by atoms with Crippen molar-refractivity contribution < 1.29 is 18.3 Å². The molecular weight excluding hydrogens is 256 g/mol. The van der Waals surface area contributed by atoms with Crippen molar-refractivity contribution in [2.45, 2.75) is 49.3 Å². The van der Waals surface area contributed by atoms with E-state index < -0.39 is 21.5 Å². The van der Waals surface area contributed by atoms with Crippen molar-refractivity contribution >= 4 is 16.0 Å². The summed E-state index contributed by atoms with van der Waals surface area (Å²) in [7, 11) is -3.38. The van der Waals surface area contributed by atoms with Gasteiger partial charge in [0.25, 0.3) is 0 Å². The van der Waals surface area contributed by atoms with Crippen molar-refractivity contribution in [3.63, 3.8) is 0 Å². The molecule has 7 heteroatoms. The maximum atomic E-state index is 12.4. The van der Waals surface area contributed by atoms with Gasteiger partial charge in [-0.25, -0.2) is 8.42 Å². The average molecular weight is 276 g/mol. The van der Waals surface area contributed by atoms with Crippen LogP contribution in [0.25, 0.3) is 0 Å². The first kappa shape index (κ1) is 13.8. The Balaban J connectivity index is 2.10. The smallest absolute Gasteiger partial charge is 0.325 e. The maximum absolute atomic E-state index is 12.4. The highest BCUT2D eigenvalue weighted by Crippen LogP contribution is 2.30. The highest BCUT2D eigenvalue weighted by molar-refractivity contribution is 7.89. The Bertz CT molecular complexity index is 430. The van der Waals surface area contributed by atoms with Gasteiger partial charge in [0.2, 0.25) is 10.0 Å². The summed E-state index contributed by atoms with van der Waals surface area (Å²) in [4.78, 5) is 11.0. The summed E-state index contributed by atoms with van der Waals surface area (Å²) in [6, 6.07) is 0. The Hall–Kier alpha value is -0.660. The van der Waals surface area contributed by atoms with Crippen LogP contribution in [0.1, 0.15) is 38.5 Å². The molecule has 0 aromatic rings. The number of nitrogens with two attached hydrogens (primary N) is 1. The molecule has 0 bridgehead atoms. The van der Waals surface area contributed by atoms with E-state index in [-0.39, 0.29) is 24.8 Å². The van der Waals surface area contributed by atoms with Crippen molar-refractivity contribution in [3.8, 4) is 0 Å². The predicted octanol–water partition coefficient (Wildman–Crippen LogP) is 0.137. The van der Waals surface area contributed by atoms with Crippen molar-refractivity contribution in [2.75, 3.05) is 13.1 Å². The van der Waals surface area contributed by atoms with E-state index in [9.17, 15) is 13.2 Å². The molecule has 0 radical (unpaired) electrons. The second-order valence-corrected chi connectivity index (χ2v) is 7.56. The number of rotatable bonds is 3. The molecular formula is C11H20N2O4S. The molecule has 3 N–H and O–H groups in total. The van der Waals surface area contributed by atoms with Crippen LogP contribution in [0.15, 0.2) is 0 Å². The van der Waals surface area contributed by atoms with Gasteiger partial charge in [-0.1, -0.05) is 19.3 Å². The van der Waals surface area contributed by atoms with Crippen LogP contribution in [-0.2, 0) is 14.8 Å². The molecule has 0 amide bonds. The quantitative estimate of drug-likeness (QED) is 0.763. The Kier molecular flexibility index (Phi) is 3.66. The molecule has 104 valence electrons. The van der Waals surface area contributed by atoms with E-state index in [2.05, 4.69) is 0 Å². The van der Waals surface area contributed by atoms with Crippen molar-refractivity contribution in [1.82, 2.24) is 4.31 Å². The molecule has 18 heavy (non-hydrogen) atoms. The summed E-state index contributed by atoms with van der Waals surface area (Å²) in [6.45, 7) is 0.128. The average Bonchev–Trinajstić information content (AvgIpc) is 2.75. The first-order chi connectivity index (χ1) is 8.36. The molecule has 1 atom stereocenters. The summed E-state index contributed by atoms with van der Waals surface area (Å²) in [6.07, 6.45) is 4.51. The van der Waals surface area contributed by atoms with Gasteiger partial charge in [0.1, 0.15) is 5.54 Å². The van der Waals surface area contributed by atoms with Gasteiger partial charge in [0, 0.05) is 13.1 Å². The lowest BCUT2D eigenvalue weighted by molar-refractivity contribution is -0.142. The van der Waals surface area contributed by atoms with Gasteiger partial charge in [-0.15, -0.1) is 0 Å². The highest BCUT2D eigenvalue weighted by atomic mass is 32.2. The number of carboxylic acids is 1. The second kappa shape index (κ2) is 4.79. The van der Waals surface area contributed by atoms with E-state index in [1.807, 2.05) is 0 Å². The van der Waals surface area contributed by atoms with E-state index in [1.165, 1.54) is 4.31 Å². The summed E-state index contributed by atoms with van der Waals surface area (Å²) in [5.74, 6) is -1.12. The Morgan fingerprint density at radius 1 is 1.28 bits per heavy atom. The zero-order valence-corrected chi connectivity index (χ0v) is 11.2. The highest BCUT2D eigenvalue weighted by Gasteiger charge is 2.47. The number of hydrogen-bond donors (Lipinski definition) is 2. The van der Waals surface area contributed by atoms with Crippen molar-refractivity contribution in [1.29, 1.82) is 0 Å². The predicted molar refractivity (Wildman–Crippen MR) is 66.5 cm³/mol. The zero-order valence-electron chi connectivity index (χ0n) is 10.3. The van der Waals surface area contributed by atoms with E-state index in [1.54, 1.807) is 0 Å². The molecule has 1 aliphatic heterocycles. The van der Waals surface area contributed by atoms with Gasteiger partial charge >= 0.3 is 5.97 Å². The molecule has 1 aliphatic carbocycles. The van der Waals surface area contributed by atoms with Crippen LogP contribution < -0.4 is 5.73 Å². The molecule has 0 aromatic heterocycles. The van der Waals surface area contributed by atoms with E-state index >= 15 is 0 Å². The number of carbonyl (C=O) groups is 1. The fraction of sp³-hybridized carbons (Fsp3) is 0.909. The van der Waals surface area contributed by atoms with Gasteiger partial charge in [-0.2, -0.15) is 4.31 Å². The van der Waals surface area contributed by atoms with Gasteiger partial charge in [0.15, 0.2) is 0 Å². The monoisotopic (exact) mass is 276 g/mol. The number of nitrogens with zero attached hydrogens (tertiary/aromatic N) is 1. The molecule has 2 aliphatic rings. The molecule has 1 saturated carbocycles. The molecule has 2 fully saturated rings. The third kappa shape index (κ3) is 2.39. The number of aliphatic carboxylic acids is 1. The first-order valence-corrected chi connectivity index (χ1v) is 7.88. The molecule has 0 spiro atoms. The first-order valence-electron chi connectivity index (χ1n) is 6.37. The van der Waals surface area contributed by atoms with Crippen LogP contribution in [-0.4, -0.2) is 47.7 Å². The Morgan fingerprint density at radius 2 is 1.89 bits per heavy atom. The number of sulfonamides is 1. The van der Waals surface area contributed by atoms with Crippen LogP contribution in [0.5, 0.6) is 0 Å². The Morgan fingerprint density at radius 3 is 2.39 bits per heavy atom. The standard InChI is InChI=1S/C11H20N2O4S/c12-11(10(14)15)6-7-13(8-11)18(16,17)9-4-2-1-3-5-9/h9H,1-8,12H2,(H,14,15). The molecule has 1 heterocycles. The maximum Gasteiger partial charge on any atom is 0.325 e. The van der Waals surface area contributed by atoms with E-state index in [0.717, 1.165) is 19.3 Å². The molecule has 2 rings (SSSR count). The number of hydrogen-bond acceptors (Lipinski definition) is 4. The fourth-order valence-corrected chi connectivity index (χ4v) is 4.87. The lowest BCUT2D eigenvalue weighted by Crippen LogP contribution is -2.51. The largest absolute Gasteiger partial charge is 0.480 e. The number of carboxylic acid groups (broad SMARTS) is 1. The van der Waals surface area contributed by atoms with Crippen LogP contribution >= 0.6 is 0 Å². The normalized spacial score (nSPS) is 31.6. The van der Waals surface area contributed by atoms with Crippen molar-refractivity contribution in [3.05, 3.63) is 0 Å². The Labute approximate surface area is 107 Å². The van der Waals surface area contributed by atoms with Crippen LogP contribution in [0, 0.1) is 0 Å². The van der Waals surface area contributed by atoms with Gasteiger partial charge < -0.3 is 10.8 Å². The third-order valence-electron chi connectivity index (χ3n) is 4.03. The molecule has 1 unspecified atom stereocenters. The SMILES string of the molecule is NC1(C(=O)O)CCN(S(=O)(=O)C2CCCCC2)C1. The summed E-state index contributed by atoms with van der Waals surface area (Å²) < 4.78 is 26.0.